The summed E-state index contributed by atoms with van der Waals surface area (Å²) in [6.45, 7) is 8.19. The summed E-state index contributed by atoms with van der Waals surface area (Å²) >= 11 is 0. The van der Waals surface area contributed by atoms with Crippen molar-refractivity contribution in [3.8, 4) is 11.3 Å². The largest absolute Gasteiger partial charge is 0.308 e. The third kappa shape index (κ3) is 5.33. The van der Waals surface area contributed by atoms with E-state index in [1.54, 1.807) is 16.8 Å². The van der Waals surface area contributed by atoms with Gasteiger partial charge in [0.1, 0.15) is 0 Å². The summed E-state index contributed by atoms with van der Waals surface area (Å²) in [5.74, 6) is 0. The first-order valence-electron chi connectivity index (χ1n) is 10.9. The Labute approximate surface area is 183 Å². The first-order valence-corrected chi connectivity index (χ1v) is 10.9. The number of likely N-dealkylation sites (N-methyl/N-ethyl adjacent to an activating group) is 1. The van der Waals surface area contributed by atoms with Crippen LogP contribution in [-0.2, 0) is 0 Å². The van der Waals surface area contributed by atoms with Gasteiger partial charge in [0.15, 0.2) is 5.65 Å². The Bertz CT molecular complexity index is 1160. The van der Waals surface area contributed by atoms with E-state index in [-0.39, 0.29) is 5.56 Å². The van der Waals surface area contributed by atoms with E-state index in [9.17, 15) is 4.79 Å². The van der Waals surface area contributed by atoms with Gasteiger partial charge in [-0.15, -0.1) is 0 Å². The number of nitrogens with one attached hydrogen (secondary N) is 1. The minimum absolute atomic E-state index is 0.135. The lowest BCUT2D eigenvalue weighted by Crippen LogP contribution is -2.24. The van der Waals surface area contributed by atoms with Crippen molar-refractivity contribution in [3.05, 3.63) is 69.9 Å². The third-order valence-electron chi connectivity index (χ3n) is 5.52. The van der Waals surface area contributed by atoms with Crippen LogP contribution in [0.1, 0.15) is 49.9 Å². The molecule has 0 fully saturated rings. The third-order valence-corrected chi connectivity index (χ3v) is 5.52. The van der Waals surface area contributed by atoms with E-state index in [1.807, 2.05) is 25.1 Å². The molecule has 3 heterocycles. The van der Waals surface area contributed by atoms with Crippen LogP contribution in [0, 0.1) is 12.3 Å². The van der Waals surface area contributed by atoms with Crippen LogP contribution in [0.5, 0.6) is 0 Å². The summed E-state index contributed by atoms with van der Waals surface area (Å²) < 4.78 is 1.55. The topological polar surface area (TPSA) is 74.3 Å². The van der Waals surface area contributed by atoms with Crippen molar-refractivity contribution in [2.45, 2.75) is 40.0 Å². The molecular formula is C25H31N5O. The summed E-state index contributed by atoms with van der Waals surface area (Å²) in [5.41, 5.74) is 5.63. The Kier molecular flexibility index (Phi) is 7.47. The molecule has 0 radical (unpaired) electrons. The van der Waals surface area contributed by atoms with Crippen molar-refractivity contribution in [1.29, 1.82) is 5.41 Å². The first kappa shape index (κ1) is 22.6. The molecular weight excluding hydrogens is 386 g/mol. The monoisotopic (exact) mass is 417 g/mol. The maximum absolute atomic E-state index is 12.7. The maximum atomic E-state index is 12.7. The fourth-order valence-electron chi connectivity index (χ4n) is 3.29. The molecule has 6 nitrogen and oxygen atoms in total. The van der Waals surface area contributed by atoms with Gasteiger partial charge in [-0.05, 0) is 43.2 Å². The molecule has 0 unspecified atom stereocenters. The fraction of sp³-hybridized carbons (Fsp3) is 0.360. The predicted molar refractivity (Wildman–Crippen MR) is 128 cm³/mol. The molecule has 4 rings (SSSR count). The molecule has 1 aromatic carbocycles. The van der Waals surface area contributed by atoms with Gasteiger partial charge in [-0.1, -0.05) is 44.9 Å². The van der Waals surface area contributed by atoms with Crippen LogP contribution in [0.4, 0.5) is 0 Å². The van der Waals surface area contributed by atoms with Gasteiger partial charge in [-0.25, -0.2) is 4.98 Å². The highest BCUT2D eigenvalue weighted by Gasteiger charge is 2.13. The van der Waals surface area contributed by atoms with Crippen molar-refractivity contribution in [3.63, 3.8) is 0 Å². The number of aryl methyl sites for hydroxylation is 1. The van der Waals surface area contributed by atoms with Crippen LogP contribution in [0.3, 0.4) is 0 Å². The number of hydrogen-bond donors (Lipinski definition) is 1. The Balaban J connectivity index is 0.000000628. The smallest absolute Gasteiger partial charge is 0.258 e. The summed E-state index contributed by atoms with van der Waals surface area (Å²) in [5, 5.41) is 7.52. The summed E-state index contributed by atoms with van der Waals surface area (Å²) in [4.78, 5) is 24.1. The van der Waals surface area contributed by atoms with Gasteiger partial charge in [0.05, 0.1) is 17.6 Å². The molecule has 31 heavy (non-hydrogen) atoms. The molecule has 1 aliphatic rings. The van der Waals surface area contributed by atoms with E-state index in [1.165, 1.54) is 30.7 Å². The second-order valence-corrected chi connectivity index (χ2v) is 7.94. The lowest BCUT2D eigenvalue weighted by molar-refractivity contribution is 0.369. The molecule has 0 spiro atoms. The number of rotatable bonds is 4. The molecule has 0 aliphatic carbocycles. The van der Waals surface area contributed by atoms with Crippen LogP contribution in [-0.4, -0.2) is 45.6 Å². The molecule has 2 aromatic heterocycles. The summed E-state index contributed by atoms with van der Waals surface area (Å²) in [7, 11) is 2.09. The highest BCUT2D eigenvalue weighted by atomic mass is 16.1. The standard InChI is InChI=1S/C21H21N5O.C4H10/c1-14-3-4-16(9-17(14)11-22)18-10-21(27)26-13-19(23-12-20(26)24-18)15-5-7-25(2)8-6-15;1-3-4-2/h3-5,9-13,22H,6-8H2,1-2H3;3-4H2,1-2H3. The zero-order chi connectivity index (χ0) is 22.4. The van der Waals surface area contributed by atoms with E-state index in [0.717, 1.165) is 41.9 Å². The number of unbranched alkanes of at least 4 members (excludes halogenated alkanes) is 1. The van der Waals surface area contributed by atoms with Crippen molar-refractivity contribution in [1.82, 2.24) is 19.3 Å². The zero-order valence-electron chi connectivity index (χ0n) is 18.9. The van der Waals surface area contributed by atoms with Crippen LogP contribution in [0.15, 0.2) is 47.5 Å². The predicted octanol–water partition coefficient (Wildman–Crippen LogP) is 4.59. The summed E-state index contributed by atoms with van der Waals surface area (Å²) in [6.07, 6.45) is 10.5. The molecule has 1 aliphatic heterocycles. The average Bonchev–Trinajstić information content (AvgIpc) is 2.80. The number of nitrogens with zero attached hydrogens (tertiary/aromatic N) is 4. The quantitative estimate of drug-likeness (QED) is 0.630. The van der Waals surface area contributed by atoms with E-state index < -0.39 is 0 Å². The maximum Gasteiger partial charge on any atom is 0.258 e. The molecule has 0 amide bonds. The van der Waals surface area contributed by atoms with Gasteiger partial charge < -0.3 is 10.3 Å². The van der Waals surface area contributed by atoms with Crippen LogP contribution < -0.4 is 5.56 Å². The molecule has 0 saturated heterocycles. The van der Waals surface area contributed by atoms with Gasteiger partial charge in [0.2, 0.25) is 0 Å². The van der Waals surface area contributed by atoms with Gasteiger partial charge in [-0.2, -0.15) is 0 Å². The molecule has 0 saturated carbocycles. The van der Waals surface area contributed by atoms with Crippen molar-refractivity contribution >= 4 is 17.4 Å². The van der Waals surface area contributed by atoms with E-state index >= 15 is 0 Å². The van der Waals surface area contributed by atoms with Crippen molar-refractivity contribution < 1.29 is 0 Å². The molecule has 6 heteroatoms. The second kappa shape index (κ2) is 10.3. The van der Waals surface area contributed by atoms with E-state index in [0.29, 0.717) is 11.3 Å². The average molecular weight is 418 g/mol. The molecule has 162 valence electrons. The normalized spacial score (nSPS) is 14.0. The molecule has 0 bridgehead atoms. The van der Waals surface area contributed by atoms with E-state index in [4.69, 9.17) is 5.41 Å². The first-order chi connectivity index (χ1) is 15.0. The Morgan fingerprint density at radius 3 is 2.58 bits per heavy atom. The number of benzene rings is 1. The zero-order valence-corrected chi connectivity index (χ0v) is 18.9. The van der Waals surface area contributed by atoms with Crippen molar-refractivity contribution in [2.75, 3.05) is 20.1 Å². The molecule has 0 atom stereocenters. The van der Waals surface area contributed by atoms with Crippen molar-refractivity contribution in [2.24, 2.45) is 0 Å². The van der Waals surface area contributed by atoms with Crippen LogP contribution in [0.2, 0.25) is 0 Å². The van der Waals surface area contributed by atoms with Gasteiger partial charge in [0, 0.05) is 37.1 Å². The highest BCUT2D eigenvalue weighted by Crippen LogP contribution is 2.22. The van der Waals surface area contributed by atoms with Crippen LogP contribution >= 0.6 is 0 Å². The lowest BCUT2D eigenvalue weighted by Gasteiger charge is -2.21. The SMILES string of the molecule is CCCC.Cc1ccc(-c2cc(=O)n3cc(C4=CCN(C)CC4)ncc3n2)cc1C=N. The molecule has 3 aromatic rings. The molecule has 1 N–H and O–H groups in total. The minimum atomic E-state index is -0.135. The number of aromatic nitrogens is 3. The minimum Gasteiger partial charge on any atom is -0.308 e. The van der Waals surface area contributed by atoms with Gasteiger partial charge >= 0.3 is 0 Å². The Morgan fingerprint density at radius 1 is 1.16 bits per heavy atom. The fourth-order valence-corrected chi connectivity index (χ4v) is 3.29. The summed E-state index contributed by atoms with van der Waals surface area (Å²) in [6, 6.07) is 7.28. The number of hydrogen-bond acceptors (Lipinski definition) is 5. The number of fused-ring (bicyclic) bond motifs is 1. The lowest BCUT2D eigenvalue weighted by atomic mass is 10.0. The highest BCUT2D eigenvalue weighted by molar-refractivity contribution is 5.82. The van der Waals surface area contributed by atoms with Gasteiger partial charge in [0.25, 0.3) is 5.56 Å². The van der Waals surface area contributed by atoms with E-state index in [2.05, 4.69) is 41.8 Å². The second-order valence-electron chi connectivity index (χ2n) is 7.94. The Morgan fingerprint density at radius 2 is 1.94 bits per heavy atom. The Hall–Kier alpha value is -3.12. The van der Waals surface area contributed by atoms with Crippen LogP contribution in [0.25, 0.3) is 22.5 Å². The van der Waals surface area contributed by atoms with Gasteiger partial charge in [-0.3, -0.25) is 14.2 Å².